The van der Waals surface area contributed by atoms with E-state index in [0.717, 1.165) is 5.69 Å². The van der Waals surface area contributed by atoms with E-state index in [0.29, 0.717) is 22.0 Å². The number of aryl methyl sites for hydroxylation is 2. The Kier molecular flexibility index (Phi) is 4.06. The molecule has 0 unspecified atom stereocenters. The van der Waals surface area contributed by atoms with Crippen molar-refractivity contribution in [2.75, 3.05) is 5.32 Å². The summed E-state index contributed by atoms with van der Waals surface area (Å²) in [6.07, 6.45) is 0. The molecule has 1 amide bonds. The van der Waals surface area contributed by atoms with Crippen LogP contribution in [0.4, 0.5) is 5.69 Å². The molecule has 20 heavy (non-hydrogen) atoms. The summed E-state index contributed by atoms with van der Waals surface area (Å²) in [6, 6.07) is 6.68. The Balaban J connectivity index is 2.30. The molecule has 0 atom stereocenters. The first kappa shape index (κ1) is 14.5. The van der Waals surface area contributed by atoms with Crippen LogP contribution in [0.3, 0.4) is 0 Å². The zero-order valence-electron chi connectivity index (χ0n) is 11.0. The number of amides is 1. The first-order valence-electron chi connectivity index (χ1n) is 5.80. The van der Waals surface area contributed by atoms with E-state index in [9.17, 15) is 4.79 Å². The maximum Gasteiger partial charge on any atom is 0.273 e. The molecule has 1 aromatic heterocycles. The number of carbonyl (C=O) groups is 1. The summed E-state index contributed by atoms with van der Waals surface area (Å²) in [5.74, 6) is -0.296. The number of thiocarbonyl (C=S) groups is 1. The van der Waals surface area contributed by atoms with Crippen LogP contribution in [0.25, 0.3) is 0 Å². The monoisotopic (exact) mass is 308 g/mol. The summed E-state index contributed by atoms with van der Waals surface area (Å²) >= 11 is 11.0. The smallest absolute Gasteiger partial charge is 0.273 e. The molecular weight excluding hydrogens is 296 g/mol. The fourth-order valence-corrected chi connectivity index (χ4v) is 2.08. The highest BCUT2D eigenvalue weighted by atomic mass is 35.5. The highest BCUT2D eigenvalue weighted by Crippen LogP contribution is 2.23. The van der Waals surface area contributed by atoms with Gasteiger partial charge in [0.2, 0.25) is 0 Å². The van der Waals surface area contributed by atoms with Gasteiger partial charge in [-0.1, -0.05) is 29.9 Å². The molecule has 0 aliphatic carbocycles. The van der Waals surface area contributed by atoms with E-state index in [1.807, 2.05) is 6.92 Å². The van der Waals surface area contributed by atoms with Gasteiger partial charge in [0.15, 0.2) is 0 Å². The van der Waals surface area contributed by atoms with Crippen LogP contribution in [-0.2, 0) is 7.05 Å². The van der Waals surface area contributed by atoms with Crippen LogP contribution >= 0.6 is 23.8 Å². The van der Waals surface area contributed by atoms with Gasteiger partial charge in [-0.05, 0) is 25.1 Å². The van der Waals surface area contributed by atoms with E-state index in [1.165, 1.54) is 4.68 Å². The maximum absolute atomic E-state index is 12.2. The second-order valence-electron chi connectivity index (χ2n) is 4.31. The average molecular weight is 309 g/mol. The van der Waals surface area contributed by atoms with Gasteiger partial charge in [-0.3, -0.25) is 9.48 Å². The average Bonchev–Trinajstić information content (AvgIpc) is 2.71. The minimum absolute atomic E-state index is 0.244. The molecule has 7 heteroatoms. The maximum atomic E-state index is 12.2. The lowest BCUT2D eigenvalue weighted by Crippen LogP contribution is -2.17. The second kappa shape index (κ2) is 5.60. The summed E-state index contributed by atoms with van der Waals surface area (Å²) in [7, 11) is 1.70. The Morgan fingerprint density at radius 1 is 1.45 bits per heavy atom. The fourth-order valence-electron chi connectivity index (χ4n) is 1.78. The number of anilines is 1. The van der Waals surface area contributed by atoms with Gasteiger partial charge in [0.25, 0.3) is 5.91 Å². The number of nitrogens with zero attached hydrogens (tertiary/aromatic N) is 2. The Morgan fingerprint density at radius 3 is 2.70 bits per heavy atom. The van der Waals surface area contributed by atoms with E-state index in [2.05, 4.69) is 10.4 Å². The molecule has 0 saturated heterocycles. The lowest BCUT2D eigenvalue weighted by molar-refractivity contribution is 0.101. The summed E-state index contributed by atoms with van der Waals surface area (Å²) in [5, 5.41) is 7.27. The van der Waals surface area contributed by atoms with Crippen molar-refractivity contribution in [1.82, 2.24) is 9.78 Å². The number of hydrogen-bond acceptors (Lipinski definition) is 3. The van der Waals surface area contributed by atoms with Gasteiger partial charge in [-0.15, -0.1) is 0 Å². The molecular formula is C13H13ClN4OS. The van der Waals surface area contributed by atoms with Crippen LogP contribution in [-0.4, -0.2) is 20.7 Å². The lowest BCUT2D eigenvalue weighted by atomic mass is 10.2. The number of aromatic nitrogens is 2. The molecule has 1 aromatic carbocycles. The van der Waals surface area contributed by atoms with Crippen molar-refractivity contribution < 1.29 is 4.79 Å². The molecule has 104 valence electrons. The minimum Gasteiger partial charge on any atom is -0.389 e. The molecule has 0 saturated carbocycles. The van der Waals surface area contributed by atoms with E-state index < -0.39 is 0 Å². The van der Waals surface area contributed by atoms with Gasteiger partial charge < -0.3 is 11.1 Å². The van der Waals surface area contributed by atoms with Gasteiger partial charge in [-0.2, -0.15) is 5.10 Å². The highest BCUT2D eigenvalue weighted by Gasteiger charge is 2.14. The van der Waals surface area contributed by atoms with Crippen LogP contribution < -0.4 is 11.1 Å². The third-order valence-corrected chi connectivity index (χ3v) is 3.30. The normalized spacial score (nSPS) is 10.3. The molecule has 0 aliphatic rings. The summed E-state index contributed by atoms with van der Waals surface area (Å²) in [6.45, 7) is 1.82. The van der Waals surface area contributed by atoms with Crippen LogP contribution in [0.1, 0.15) is 21.7 Å². The molecule has 0 bridgehead atoms. The van der Waals surface area contributed by atoms with Crippen molar-refractivity contribution in [3.8, 4) is 0 Å². The molecule has 0 spiro atoms. The summed E-state index contributed by atoms with van der Waals surface area (Å²) < 4.78 is 1.51. The number of nitrogens with two attached hydrogens (primary N) is 1. The SMILES string of the molecule is Cc1cc(C(=O)Nc2cc(C(N)=S)ccc2Cl)n(C)n1. The summed E-state index contributed by atoms with van der Waals surface area (Å²) in [4.78, 5) is 12.4. The Labute approximate surface area is 126 Å². The van der Waals surface area contributed by atoms with Crippen LogP contribution in [0.15, 0.2) is 24.3 Å². The predicted octanol–water partition coefficient (Wildman–Crippen LogP) is 2.27. The van der Waals surface area contributed by atoms with Crippen molar-refractivity contribution in [1.29, 1.82) is 0 Å². The zero-order chi connectivity index (χ0) is 14.9. The van der Waals surface area contributed by atoms with Crippen LogP contribution in [0, 0.1) is 6.92 Å². The Hall–Kier alpha value is -1.92. The number of carbonyl (C=O) groups excluding carboxylic acids is 1. The molecule has 3 N–H and O–H groups in total. The molecule has 2 rings (SSSR count). The van der Waals surface area contributed by atoms with E-state index >= 15 is 0 Å². The quantitative estimate of drug-likeness (QED) is 0.853. The predicted molar refractivity (Wildman–Crippen MR) is 83.2 cm³/mol. The van der Waals surface area contributed by atoms with Crippen molar-refractivity contribution in [3.05, 3.63) is 46.2 Å². The molecule has 0 fully saturated rings. The Morgan fingerprint density at radius 2 is 2.15 bits per heavy atom. The first-order valence-corrected chi connectivity index (χ1v) is 6.58. The summed E-state index contributed by atoms with van der Waals surface area (Å²) in [5.41, 5.74) is 7.87. The van der Waals surface area contributed by atoms with Crippen molar-refractivity contribution in [2.24, 2.45) is 12.8 Å². The number of nitrogens with one attached hydrogen (secondary N) is 1. The highest BCUT2D eigenvalue weighted by molar-refractivity contribution is 7.80. The van der Waals surface area contributed by atoms with Gasteiger partial charge in [0, 0.05) is 12.6 Å². The van der Waals surface area contributed by atoms with E-state index in [-0.39, 0.29) is 10.9 Å². The number of rotatable bonds is 3. The minimum atomic E-state index is -0.296. The molecule has 1 heterocycles. The molecule has 0 radical (unpaired) electrons. The number of benzene rings is 1. The van der Waals surface area contributed by atoms with Crippen LogP contribution in [0.5, 0.6) is 0 Å². The van der Waals surface area contributed by atoms with E-state index in [1.54, 1.807) is 31.3 Å². The lowest BCUT2D eigenvalue weighted by Gasteiger charge is -2.09. The van der Waals surface area contributed by atoms with Gasteiger partial charge >= 0.3 is 0 Å². The van der Waals surface area contributed by atoms with Crippen LogP contribution in [0.2, 0.25) is 5.02 Å². The molecule has 2 aromatic rings. The molecule has 0 aliphatic heterocycles. The van der Waals surface area contributed by atoms with Crippen molar-refractivity contribution >= 4 is 40.4 Å². The standard InChI is InChI=1S/C13H13ClN4OS/c1-7-5-11(18(2)17-7)13(19)16-10-6-8(12(15)20)3-4-9(10)14/h3-6H,1-2H3,(H2,15,20)(H,16,19). The third kappa shape index (κ3) is 2.97. The van der Waals surface area contributed by atoms with E-state index in [4.69, 9.17) is 29.6 Å². The van der Waals surface area contributed by atoms with Crippen molar-refractivity contribution in [2.45, 2.75) is 6.92 Å². The van der Waals surface area contributed by atoms with Gasteiger partial charge in [0.05, 0.1) is 16.4 Å². The first-order chi connectivity index (χ1) is 9.38. The topological polar surface area (TPSA) is 72.9 Å². The zero-order valence-corrected chi connectivity index (χ0v) is 12.5. The van der Waals surface area contributed by atoms with Gasteiger partial charge in [-0.25, -0.2) is 0 Å². The fraction of sp³-hybridized carbons (Fsp3) is 0.154. The molecule has 5 nitrogen and oxygen atoms in total. The number of halogens is 1. The van der Waals surface area contributed by atoms with Crippen molar-refractivity contribution in [3.63, 3.8) is 0 Å². The second-order valence-corrected chi connectivity index (χ2v) is 5.15. The van der Waals surface area contributed by atoms with Gasteiger partial charge in [0.1, 0.15) is 10.7 Å². The number of hydrogen-bond donors (Lipinski definition) is 2. The Bertz CT molecular complexity index is 696. The largest absolute Gasteiger partial charge is 0.389 e. The third-order valence-electron chi connectivity index (χ3n) is 2.73.